The molecule has 0 spiro atoms. The van der Waals surface area contributed by atoms with E-state index in [0.29, 0.717) is 13.2 Å². The number of carbonyl (C=O) groups excluding carboxylic acids is 1. The second-order valence-corrected chi connectivity index (χ2v) is 5.90. The van der Waals surface area contributed by atoms with E-state index in [1.54, 1.807) is 12.1 Å². The Kier molecular flexibility index (Phi) is 7.01. The van der Waals surface area contributed by atoms with E-state index in [9.17, 15) is 9.59 Å². The predicted molar refractivity (Wildman–Crippen MR) is 96.0 cm³/mol. The van der Waals surface area contributed by atoms with Gasteiger partial charge >= 0.3 is 5.97 Å². The van der Waals surface area contributed by atoms with E-state index in [-0.39, 0.29) is 17.9 Å². The summed E-state index contributed by atoms with van der Waals surface area (Å²) in [5.74, 6) is -0.175. The lowest BCUT2D eigenvalue weighted by Crippen LogP contribution is -2.26. The molecule has 2 aromatic carbocycles. The summed E-state index contributed by atoms with van der Waals surface area (Å²) in [6.45, 7) is 3.26. The first kappa shape index (κ1) is 18.5. The standard InChI is InChI=1S/C20H23NO4/c1-15-4-10-18(11-5-15)25-13-3-2-12-21-19(22)14-16-6-8-17(9-7-16)20(23)24/h4-11H,2-3,12-14H2,1H3,(H,21,22)(H,23,24). The first-order valence-electron chi connectivity index (χ1n) is 8.33. The molecule has 1 amide bonds. The van der Waals surface area contributed by atoms with Gasteiger partial charge in [0.05, 0.1) is 18.6 Å². The first-order valence-corrected chi connectivity index (χ1v) is 8.33. The van der Waals surface area contributed by atoms with Gasteiger partial charge in [0.2, 0.25) is 5.91 Å². The van der Waals surface area contributed by atoms with Gasteiger partial charge in [-0.3, -0.25) is 4.79 Å². The van der Waals surface area contributed by atoms with Crippen molar-refractivity contribution in [2.45, 2.75) is 26.2 Å². The zero-order chi connectivity index (χ0) is 18.1. The third-order valence-corrected chi connectivity index (χ3v) is 3.75. The second-order valence-electron chi connectivity index (χ2n) is 5.90. The SMILES string of the molecule is Cc1ccc(OCCCCNC(=O)Cc2ccc(C(=O)O)cc2)cc1. The van der Waals surface area contributed by atoms with Crippen LogP contribution < -0.4 is 10.1 Å². The van der Waals surface area contributed by atoms with Crippen molar-refractivity contribution < 1.29 is 19.4 Å². The zero-order valence-electron chi connectivity index (χ0n) is 14.3. The number of hydrogen-bond acceptors (Lipinski definition) is 3. The number of carboxylic acid groups (broad SMARTS) is 1. The maximum Gasteiger partial charge on any atom is 0.335 e. The van der Waals surface area contributed by atoms with Gasteiger partial charge in [0.25, 0.3) is 0 Å². The van der Waals surface area contributed by atoms with Gasteiger partial charge in [0.15, 0.2) is 0 Å². The number of rotatable bonds is 9. The largest absolute Gasteiger partial charge is 0.494 e. The minimum Gasteiger partial charge on any atom is -0.494 e. The topological polar surface area (TPSA) is 75.6 Å². The molecule has 2 N–H and O–H groups in total. The highest BCUT2D eigenvalue weighted by atomic mass is 16.5. The normalized spacial score (nSPS) is 10.3. The van der Waals surface area contributed by atoms with E-state index in [4.69, 9.17) is 9.84 Å². The summed E-state index contributed by atoms with van der Waals surface area (Å²) in [4.78, 5) is 22.6. The summed E-state index contributed by atoms with van der Waals surface area (Å²) in [7, 11) is 0. The van der Waals surface area contributed by atoms with Crippen LogP contribution in [-0.2, 0) is 11.2 Å². The molecule has 0 aromatic heterocycles. The Balaban J connectivity index is 1.59. The van der Waals surface area contributed by atoms with E-state index >= 15 is 0 Å². The molecule has 0 saturated carbocycles. The van der Waals surface area contributed by atoms with Crippen molar-refractivity contribution in [1.29, 1.82) is 0 Å². The van der Waals surface area contributed by atoms with E-state index in [0.717, 1.165) is 24.2 Å². The Labute approximate surface area is 147 Å². The van der Waals surface area contributed by atoms with Crippen molar-refractivity contribution in [2.75, 3.05) is 13.2 Å². The highest BCUT2D eigenvalue weighted by Gasteiger charge is 2.05. The molecule has 5 nitrogen and oxygen atoms in total. The predicted octanol–water partition coefficient (Wildman–Crippen LogP) is 3.21. The fraction of sp³-hybridized carbons (Fsp3) is 0.300. The number of carboxylic acids is 1. The molecule has 0 saturated heterocycles. The zero-order valence-corrected chi connectivity index (χ0v) is 14.3. The quantitative estimate of drug-likeness (QED) is 0.687. The summed E-state index contributed by atoms with van der Waals surface area (Å²) in [5.41, 5.74) is 2.22. The molecule has 2 aromatic rings. The molecule has 2 rings (SSSR count). The van der Waals surface area contributed by atoms with Crippen LogP contribution in [0.2, 0.25) is 0 Å². The highest BCUT2D eigenvalue weighted by Crippen LogP contribution is 2.11. The molecule has 0 aliphatic carbocycles. The highest BCUT2D eigenvalue weighted by molar-refractivity contribution is 5.87. The van der Waals surface area contributed by atoms with Crippen LogP contribution in [0.25, 0.3) is 0 Å². The van der Waals surface area contributed by atoms with Crippen molar-refractivity contribution in [3.8, 4) is 5.75 Å². The summed E-state index contributed by atoms with van der Waals surface area (Å²) >= 11 is 0. The third kappa shape index (κ3) is 6.67. The molecule has 25 heavy (non-hydrogen) atoms. The number of hydrogen-bond donors (Lipinski definition) is 2. The van der Waals surface area contributed by atoms with Crippen LogP contribution in [0.5, 0.6) is 5.75 Å². The average Bonchev–Trinajstić information content (AvgIpc) is 2.60. The van der Waals surface area contributed by atoms with Crippen LogP contribution in [0.3, 0.4) is 0 Å². The molecule has 0 aliphatic heterocycles. The van der Waals surface area contributed by atoms with Gasteiger partial charge in [-0.15, -0.1) is 0 Å². The molecular weight excluding hydrogens is 318 g/mol. The summed E-state index contributed by atoms with van der Waals surface area (Å²) in [6, 6.07) is 14.3. The monoisotopic (exact) mass is 341 g/mol. The Bertz CT molecular complexity index is 693. The first-order chi connectivity index (χ1) is 12.0. The molecule has 0 radical (unpaired) electrons. The molecule has 0 heterocycles. The number of carbonyl (C=O) groups is 2. The van der Waals surface area contributed by atoms with Gasteiger partial charge in [0.1, 0.15) is 5.75 Å². The van der Waals surface area contributed by atoms with Gasteiger partial charge in [-0.05, 0) is 49.6 Å². The molecule has 0 atom stereocenters. The molecule has 132 valence electrons. The molecule has 0 unspecified atom stereocenters. The van der Waals surface area contributed by atoms with Crippen molar-refractivity contribution in [3.05, 3.63) is 65.2 Å². The molecule has 5 heteroatoms. The maximum atomic E-state index is 11.9. The fourth-order valence-corrected chi connectivity index (χ4v) is 2.29. The van der Waals surface area contributed by atoms with E-state index in [1.165, 1.54) is 17.7 Å². The van der Waals surface area contributed by atoms with E-state index in [2.05, 4.69) is 5.32 Å². The molecular formula is C20H23NO4. The maximum absolute atomic E-state index is 11.9. The Morgan fingerprint density at radius 2 is 1.68 bits per heavy atom. The summed E-state index contributed by atoms with van der Waals surface area (Å²) < 4.78 is 5.63. The lowest BCUT2D eigenvalue weighted by molar-refractivity contribution is -0.120. The van der Waals surface area contributed by atoms with Crippen molar-refractivity contribution >= 4 is 11.9 Å². The summed E-state index contributed by atoms with van der Waals surface area (Å²) in [5, 5.41) is 11.7. The lowest BCUT2D eigenvalue weighted by atomic mass is 10.1. The molecule has 0 bridgehead atoms. The number of aryl methyl sites for hydroxylation is 1. The lowest BCUT2D eigenvalue weighted by Gasteiger charge is -2.08. The van der Waals surface area contributed by atoms with Crippen LogP contribution in [0.4, 0.5) is 0 Å². The van der Waals surface area contributed by atoms with Gasteiger partial charge in [-0.2, -0.15) is 0 Å². The number of aromatic carboxylic acids is 1. The van der Waals surface area contributed by atoms with E-state index in [1.807, 2.05) is 31.2 Å². The van der Waals surface area contributed by atoms with Crippen LogP contribution in [-0.4, -0.2) is 30.1 Å². The number of ether oxygens (including phenoxy) is 1. The summed E-state index contributed by atoms with van der Waals surface area (Å²) in [6.07, 6.45) is 1.96. The van der Waals surface area contributed by atoms with Gasteiger partial charge in [0, 0.05) is 6.54 Å². The van der Waals surface area contributed by atoms with Crippen molar-refractivity contribution in [3.63, 3.8) is 0 Å². The number of benzene rings is 2. The Hall–Kier alpha value is -2.82. The van der Waals surface area contributed by atoms with Gasteiger partial charge in [-0.1, -0.05) is 29.8 Å². The smallest absolute Gasteiger partial charge is 0.335 e. The molecule has 0 aliphatic rings. The minimum absolute atomic E-state index is 0.0671. The average molecular weight is 341 g/mol. The number of nitrogens with one attached hydrogen (secondary N) is 1. The van der Waals surface area contributed by atoms with Gasteiger partial charge < -0.3 is 15.2 Å². The van der Waals surface area contributed by atoms with Crippen LogP contribution in [0.1, 0.15) is 34.3 Å². The fourth-order valence-electron chi connectivity index (χ4n) is 2.29. The van der Waals surface area contributed by atoms with Crippen LogP contribution in [0, 0.1) is 6.92 Å². The number of amides is 1. The third-order valence-electron chi connectivity index (χ3n) is 3.75. The van der Waals surface area contributed by atoms with Crippen molar-refractivity contribution in [1.82, 2.24) is 5.32 Å². The van der Waals surface area contributed by atoms with Crippen LogP contribution >= 0.6 is 0 Å². The Morgan fingerprint density at radius 1 is 1.00 bits per heavy atom. The minimum atomic E-state index is -0.969. The second kappa shape index (κ2) is 9.47. The molecule has 0 fully saturated rings. The number of unbranched alkanes of at least 4 members (excludes halogenated alkanes) is 1. The Morgan fingerprint density at radius 3 is 2.32 bits per heavy atom. The van der Waals surface area contributed by atoms with Gasteiger partial charge in [-0.25, -0.2) is 4.79 Å². The van der Waals surface area contributed by atoms with Crippen LogP contribution in [0.15, 0.2) is 48.5 Å². The van der Waals surface area contributed by atoms with E-state index < -0.39 is 5.97 Å². The van der Waals surface area contributed by atoms with Crippen molar-refractivity contribution in [2.24, 2.45) is 0 Å².